The zero-order valence-electron chi connectivity index (χ0n) is 76.6. The highest BCUT2D eigenvalue weighted by Gasteiger charge is 2.31. The normalized spacial score (nSPS) is 12.4. The van der Waals surface area contributed by atoms with Crippen LogP contribution >= 0.6 is 0 Å². The lowest BCUT2D eigenvalue weighted by atomic mass is 9.79. The summed E-state index contributed by atoms with van der Waals surface area (Å²) in [5, 5.41) is 0. The van der Waals surface area contributed by atoms with E-state index in [1.54, 1.807) is 12.1 Å². The van der Waals surface area contributed by atoms with Gasteiger partial charge in [0.1, 0.15) is 50.1 Å². The van der Waals surface area contributed by atoms with Crippen molar-refractivity contribution in [2.45, 2.75) is 243 Å². The molecule has 5 unspecified atom stereocenters. The third-order valence-electron chi connectivity index (χ3n) is 22.9. The first-order valence-electron chi connectivity index (χ1n) is 43.8. The molecule has 125 heavy (non-hydrogen) atoms. The second-order valence-corrected chi connectivity index (χ2v) is 35.4. The third-order valence-corrected chi connectivity index (χ3v) is 22.9. The number of carbonyl (C=O) groups excluding carboxylic acids is 3. The standard InChI is InChI=1S/C26H36O2.2C23H24O.C22H28O2.C18H15F5O2/c1-9-18(2)20-12-10-19(11-13-20)17-28-24(27)21-14-22(25(3,4)5)16-23(15-21)26(6,7)8;1-3-18(2)20-15-13-19(14-16-20)17-24-23-12-8-7-11-22(23)21-9-5-4-6-10-21;1-3-18(2)20-14-12-19(13-15-20)17-24-23-11-7-10-22(16-23)21-8-5-4-6-9-21;1-6-16(2)18-9-7-17(8-10-18)15-24-21(23)19-11-13-20(14-12-19)22(3,4)5;1-3-9(2)11-6-4-10(5-7-11)8-25-18(24)12-13(19)15(21)17(23)16(22)14(12)20/h10-16,18H,9,17H2,1-8H3;2*4-16,18H,3,17H2,1-2H3;7-14,16H,6,15H2,1-5H3;4-7,9H,3,8H2,1-2H3. The molecule has 5 atom stereocenters. The smallest absolute Gasteiger partial charge is 0.344 e. The number of ether oxygens (including phenoxy) is 5. The fourth-order valence-corrected chi connectivity index (χ4v) is 13.3. The molecule has 0 aliphatic rings. The van der Waals surface area contributed by atoms with E-state index in [2.05, 4.69) is 286 Å². The summed E-state index contributed by atoms with van der Waals surface area (Å²) < 4.78 is 94.1. The number of hydrogen-bond acceptors (Lipinski definition) is 8. The summed E-state index contributed by atoms with van der Waals surface area (Å²) in [6.07, 6.45) is 5.52. The van der Waals surface area contributed by atoms with Gasteiger partial charge in [-0.2, -0.15) is 0 Å². The van der Waals surface area contributed by atoms with Crippen LogP contribution in [-0.2, 0) is 63.5 Å². The lowest BCUT2D eigenvalue weighted by molar-refractivity contribution is 0.0452. The molecular formula is C112H127F5O8. The van der Waals surface area contributed by atoms with Crippen LogP contribution in [-0.4, -0.2) is 17.9 Å². The molecule has 0 aliphatic heterocycles. The first-order valence-corrected chi connectivity index (χ1v) is 43.8. The van der Waals surface area contributed by atoms with Crippen molar-refractivity contribution in [3.8, 4) is 33.8 Å². The first-order chi connectivity index (χ1) is 59.5. The van der Waals surface area contributed by atoms with Gasteiger partial charge < -0.3 is 23.7 Å². The zero-order chi connectivity index (χ0) is 91.1. The van der Waals surface area contributed by atoms with Crippen LogP contribution in [0, 0.1) is 29.1 Å². The molecule has 0 N–H and O–H groups in total. The summed E-state index contributed by atoms with van der Waals surface area (Å²) in [5.41, 5.74) is 19.3. The maximum absolute atomic E-state index is 13.5. The number of para-hydroxylation sites is 1. The summed E-state index contributed by atoms with van der Waals surface area (Å²) >= 11 is 0. The van der Waals surface area contributed by atoms with Crippen molar-refractivity contribution in [1.82, 2.24) is 0 Å². The molecule has 0 heterocycles. The molecule has 0 spiro atoms. The number of esters is 3. The second-order valence-electron chi connectivity index (χ2n) is 35.4. The van der Waals surface area contributed by atoms with E-state index in [4.69, 9.17) is 18.9 Å². The van der Waals surface area contributed by atoms with Crippen molar-refractivity contribution in [3.63, 3.8) is 0 Å². The van der Waals surface area contributed by atoms with Gasteiger partial charge in [-0.1, -0.05) is 362 Å². The van der Waals surface area contributed by atoms with Gasteiger partial charge in [0.2, 0.25) is 5.82 Å². The molecule has 0 bridgehead atoms. The molecule has 0 saturated carbocycles. The van der Waals surface area contributed by atoms with Crippen LogP contribution in [0.5, 0.6) is 11.5 Å². The lowest BCUT2D eigenvalue weighted by Gasteiger charge is -2.25. The quantitative estimate of drug-likeness (QED) is 0.0165. The lowest BCUT2D eigenvalue weighted by Crippen LogP contribution is -2.18. The average molecular weight is 1700 g/mol. The molecule has 0 aliphatic carbocycles. The molecule has 12 rings (SSSR count). The fourth-order valence-electron chi connectivity index (χ4n) is 13.3. The van der Waals surface area contributed by atoms with Crippen molar-refractivity contribution in [2.75, 3.05) is 0 Å². The highest BCUT2D eigenvalue weighted by molar-refractivity contribution is 5.91. The SMILES string of the molecule is CCC(C)c1ccc(COC(=O)c2c(F)c(F)c(F)c(F)c2F)cc1.CCC(C)c1ccc(COC(=O)c2cc(C(C)(C)C)cc(C(C)(C)C)c2)cc1.CCC(C)c1ccc(COC(=O)c2ccc(C(C)(C)C)cc2)cc1.CCC(C)c1ccc(COc2cccc(-c3ccccc3)c2)cc1.CCC(C)c1ccc(COc2ccccc2-c2ccccc2)cc1. The molecule has 0 fully saturated rings. The number of halogens is 5. The molecule has 0 radical (unpaired) electrons. The van der Waals surface area contributed by atoms with Gasteiger partial charge in [0.15, 0.2) is 23.3 Å². The zero-order valence-corrected chi connectivity index (χ0v) is 76.6. The minimum Gasteiger partial charge on any atom is -0.489 e. The number of carbonyl (C=O) groups is 3. The predicted molar refractivity (Wildman–Crippen MR) is 501 cm³/mol. The number of hydrogen-bond donors (Lipinski definition) is 0. The Morgan fingerprint density at radius 2 is 0.592 bits per heavy atom. The Labute approximate surface area is 741 Å². The van der Waals surface area contributed by atoms with Crippen LogP contribution in [0.15, 0.2) is 273 Å². The molecule has 8 nitrogen and oxygen atoms in total. The Kier molecular flexibility index (Phi) is 37.4. The van der Waals surface area contributed by atoms with Crippen LogP contribution in [0.2, 0.25) is 0 Å². The Morgan fingerprint density at radius 1 is 0.280 bits per heavy atom. The minimum atomic E-state index is -2.33. The molecule has 12 aromatic carbocycles. The largest absolute Gasteiger partial charge is 0.489 e. The highest BCUT2D eigenvalue weighted by atomic mass is 19.2. The van der Waals surface area contributed by atoms with Gasteiger partial charge in [-0.05, 0) is 209 Å². The van der Waals surface area contributed by atoms with Gasteiger partial charge in [-0.3, -0.25) is 0 Å². The van der Waals surface area contributed by atoms with Crippen molar-refractivity contribution in [3.05, 3.63) is 391 Å². The topological polar surface area (TPSA) is 97.4 Å². The average Bonchev–Trinajstić information content (AvgIpc) is 0.772. The Balaban J connectivity index is 0.000000194. The van der Waals surface area contributed by atoms with Crippen LogP contribution in [0.1, 0.15) is 297 Å². The summed E-state index contributed by atoms with van der Waals surface area (Å²) in [4.78, 5) is 36.7. The van der Waals surface area contributed by atoms with Crippen LogP contribution in [0.25, 0.3) is 22.3 Å². The van der Waals surface area contributed by atoms with Gasteiger partial charge in [0, 0.05) is 5.56 Å². The predicted octanol–water partition coefficient (Wildman–Crippen LogP) is 31.2. The van der Waals surface area contributed by atoms with Gasteiger partial charge >= 0.3 is 17.9 Å². The molecule has 13 heteroatoms. The van der Waals surface area contributed by atoms with Gasteiger partial charge in [0.25, 0.3) is 0 Å². The summed E-state index contributed by atoms with van der Waals surface area (Å²) in [6.45, 7) is 42.8. The van der Waals surface area contributed by atoms with E-state index in [1.807, 2.05) is 111 Å². The fraction of sp³-hybridized carbons (Fsp3) is 0.330. The molecule has 0 amide bonds. The van der Waals surface area contributed by atoms with Crippen molar-refractivity contribution < 1.29 is 60.0 Å². The van der Waals surface area contributed by atoms with E-state index in [0.717, 1.165) is 64.1 Å². The van der Waals surface area contributed by atoms with Gasteiger partial charge in [-0.15, -0.1) is 0 Å². The maximum Gasteiger partial charge on any atom is 0.344 e. The van der Waals surface area contributed by atoms with E-state index >= 15 is 0 Å². The third kappa shape index (κ3) is 29.7. The molecule has 0 aromatic heterocycles. The van der Waals surface area contributed by atoms with Gasteiger partial charge in [-0.25, -0.2) is 36.3 Å². The van der Waals surface area contributed by atoms with E-state index in [1.165, 1.54) is 68.5 Å². The Bertz CT molecular complexity index is 5280. The molecule has 0 saturated heterocycles. The van der Waals surface area contributed by atoms with Gasteiger partial charge in [0.05, 0.1) is 11.1 Å². The van der Waals surface area contributed by atoms with Crippen LogP contribution in [0.4, 0.5) is 22.0 Å². The van der Waals surface area contributed by atoms with Crippen molar-refractivity contribution in [1.29, 1.82) is 0 Å². The van der Waals surface area contributed by atoms with Crippen molar-refractivity contribution >= 4 is 17.9 Å². The van der Waals surface area contributed by atoms with Crippen LogP contribution in [0.3, 0.4) is 0 Å². The van der Waals surface area contributed by atoms with Crippen LogP contribution < -0.4 is 9.47 Å². The highest BCUT2D eigenvalue weighted by Crippen LogP contribution is 2.35. The van der Waals surface area contributed by atoms with E-state index < -0.39 is 40.6 Å². The molecule has 12 aromatic rings. The number of benzene rings is 12. The molecular weight excluding hydrogens is 1570 g/mol. The molecule has 658 valence electrons. The summed E-state index contributed by atoms with van der Waals surface area (Å²) in [5.74, 6) is -8.80. The number of rotatable bonds is 27. The van der Waals surface area contributed by atoms with E-state index in [9.17, 15) is 36.3 Å². The monoisotopic (exact) mass is 1690 g/mol. The van der Waals surface area contributed by atoms with Crippen molar-refractivity contribution in [2.24, 2.45) is 0 Å². The summed E-state index contributed by atoms with van der Waals surface area (Å²) in [6, 6.07) is 92.3. The minimum absolute atomic E-state index is 0.0257. The maximum atomic E-state index is 13.5. The van der Waals surface area contributed by atoms with E-state index in [-0.39, 0.29) is 34.8 Å². The Hall–Kier alpha value is -11.7. The Morgan fingerprint density at radius 3 is 0.960 bits per heavy atom. The summed E-state index contributed by atoms with van der Waals surface area (Å²) in [7, 11) is 0. The van der Waals surface area contributed by atoms with E-state index in [0.29, 0.717) is 72.7 Å². The second kappa shape index (κ2) is 47.4. The first kappa shape index (κ1) is 98.7.